The zero-order chi connectivity index (χ0) is 13.2. The molecular formula is C16H19NOS. The first-order chi connectivity index (χ1) is 9.25. The van der Waals surface area contributed by atoms with E-state index in [9.17, 15) is 0 Å². The highest BCUT2D eigenvalue weighted by atomic mass is 32.1. The Hall–Kier alpha value is -1.32. The Kier molecular flexibility index (Phi) is 3.58. The van der Waals surface area contributed by atoms with Gasteiger partial charge in [0.15, 0.2) is 0 Å². The molecule has 3 atom stereocenters. The lowest BCUT2D eigenvalue weighted by Crippen LogP contribution is -2.35. The smallest absolute Gasteiger partial charge is 0.124 e. The van der Waals surface area contributed by atoms with Gasteiger partial charge in [0.25, 0.3) is 0 Å². The molecule has 1 aliphatic heterocycles. The van der Waals surface area contributed by atoms with Crippen molar-refractivity contribution in [2.45, 2.75) is 25.9 Å². The minimum atomic E-state index is 0.363. The topological polar surface area (TPSA) is 21.3 Å². The molecule has 2 nitrogen and oxygen atoms in total. The highest BCUT2D eigenvalue weighted by Gasteiger charge is 2.28. The van der Waals surface area contributed by atoms with Gasteiger partial charge in [-0.05, 0) is 24.4 Å². The Morgan fingerprint density at radius 2 is 2.11 bits per heavy atom. The fourth-order valence-corrected chi connectivity index (χ4v) is 3.38. The summed E-state index contributed by atoms with van der Waals surface area (Å²) in [7, 11) is 0. The third-order valence-electron chi connectivity index (χ3n) is 3.72. The summed E-state index contributed by atoms with van der Waals surface area (Å²) in [4.78, 5) is 1.39. The number of rotatable bonds is 3. The Labute approximate surface area is 118 Å². The Morgan fingerprint density at radius 1 is 1.26 bits per heavy atom. The second-order valence-corrected chi connectivity index (χ2v) is 6.19. The van der Waals surface area contributed by atoms with Crippen LogP contribution in [0.3, 0.4) is 0 Å². The molecule has 0 saturated carbocycles. The molecule has 2 unspecified atom stereocenters. The zero-order valence-electron chi connectivity index (χ0n) is 11.3. The van der Waals surface area contributed by atoms with Crippen molar-refractivity contribution in [2.24, 2.45) is 5.92 Å². The molecule has 0 saturated heterocycles. The van der Waals surface area contributed by atoms with Crippen LogP contribution in [0.4, 0.5) is 0 Å². The van der Waals surface area contributed by atoms with Crippen molar-refractivity contribution in [3.8, 4) is 5.75 Å². The Balaban J connectivity index is 1.84. The number of nitrogens with one attached hydrogen (secondary N) is 1. The molecule has 0 amide bonds. The van der Waals surface area contributed by atoms with Gasteiger partial charge in [-0.3, -0.25) is 0 Å². The average molecular weight is 273 g/mol. The van der Waals surface area contributed by atoms with Crippen molar-refractivity contribution in [3.63, 3.8) is 0 Å². The third-order valence-corrected chi connectivity index (χ3v) is 4.78. The van der Waals surface area contributed by atoms with Crippen LogP contribution in [0.25, 0.3) is 0 Å². The van der Waals surface area contributed by atoms with Gasteiger partial charge in [-0.25, -0.2) is 0 Å². The molecule has 1 aromatic heterocycles. The lowest BCUT2D eigenvalue weighted by atomic mass is 9.91. The van der Waals surface area contributed by atoms with Crippen molar-refractivity contribution < 1.29 is 4.74 Å². The van der Waals surface area contributed by atoms with Gasteiger partial charge in [-0.2, -0.15) is 0 Å². The van der Waals surface area contributed by atoms with Crippen molar-refractivity contribution >= 4 is 11.3 Å². The van der Waals surface area contributed by atoms with Gasteiger partial charge in [0, 0.05) is 28.4 Å². The molecule has 3 rings (SSSR count). The largest absolute Gasteiger partial charge is 0.493 e. The predicted octanol–water partition coefficient (Wildman–Crippen LogP) is 4.17. The van der Waals surface area contributed by atoms with Crippen LogP contribution in [0, 0.1) is 5.92 Å². The summed E-state index contributed by atoms with van der Waals surface area (Å²) in [6.45, 7) is 5.26. The first-order valence-corrected chi connectivity index (χ1v) is 7.65. The van der Waals surface area contributed by atoms with E-state index in [1.54, 1.807) is 0 Å². The summed E-state index contributed by atoms with van der Waals surface area (Å²) in [5.41, 5.74) is 1.28. The number of fused-ring (bicyclic) bond motifs is 1. The molecule has 2 heterocycles. The molecule has 0 bridgehead atoms. The van der Waals surface area contributed by atoms with Gasteiger partial charge >= 0.3 is 0 Å². The normalized spacial score (nSPS) is 23.5. The van der Waals surface area contributed by atoms with Crippen molar-refractivity contribution in [3.05, 3.63) is 52.2 Å². The molecule has 2 aromatic rings. The number of ether oxygens (including phenoxy) is 1. The van der Waals surface area contributed by atoms with E-state index in [0.29, 0.717) is 18.0 Å². The maximum absolute atomic E-state index is 5.80. The standard InChI is InChI=1S/C16H19NOS/c1-11-10-18-14-7-4-3-6-13(14)16(11)17-12(2)15-8-5-9-19-15/h3-9,11-12,16-17H,10H2,1-2H3/t11?,12-,16?/m1/s1. The first kappa shape index (κ1) is 12.7. The van der Waals surface area contributed by atoms with E-state index < -0.39 is 0 Å². The monoisotopic (exact) mass is 273 g/mol. The van der Waals surface area contributed by atoms with Crippen molar-refractivity contribution in [1.82, 2.24) is 5.32 Å². The molecule has 0 spiro atoms. The Morgan fingerprint density at radius 3 is 2.89 bits per heavy atom. The number of hydrogen-bond donors (Lipinski definition) is 1. The van der Waals surface area contributed by atoms with Gasteiger partial charge in [-0.15, -0.1) is 11.3 Å². The fraction of sp³-hybridized carbons (Fsp3) is 0.375. The number of benzene rings is 1. The molecule has 19 heavy (non-hydrogen) atoms. The van der Waals surface area contributed by atoms with Crippen LogP contribution >= 0.6 is 11.3 Å². The second-order valence-electron chi connectivity index (χ2n) is 5.21. The van der Waals surface area contributed by atoms with E-state index in [2.05, 4.69) is 54.9 Å². The average Bonchev–Trinajstić information content (AvgIpc) is 2.96. The maximum Gasteiger partial charge on any atom is 0.124 e. The zero-order valence-corrected chi connectivity index (χ0v) is 12.1. The van der Waals surface area contributed by atoms with Gasteiger partial charge in [0.2, 0.25) is 0 Å². The molecule has 1 aliphatic rings. The first-order valence-electron chi connectivity index (χ1n) is 6.77. The fourth-order valence-electron chi connectivity index (χ4n) is 2.64. The van der Waals surface area contributed by atoms with Crippen LogP contribution in [-0.2, 0) is 0 Å². The number of hydrogen-bond acceptors (Lipinski definition) is 3. The number of thiophene rings is 1. The van der Waals surface area contributed by atoms with Crippen LogP contribution in [0.5, 0.6) is 5.75 Å². The molecule has 3 heteroatoms. The van der Waals surface area contributed by atoms with Crippen LogP contribution < -0.4 is 10.1 Å². The highest BCUT2D eigenvalue weighted by molar-refractivity contribution is 7.10. The Bertz CT molecular complexity index is 537. The van der Waals surface area contributed by atoms with Gasteiger partial charge in [-0.1, -0.05) is 31.2 Å². The van der Waals surface area contributed by atoms with E-state index >= 15 is 0 Å². The van der Waals surface area contributed by atoms with Gasteiger partial charge in [0.1, 0.15) is 5.75 Å². The quantitative estimate of drug-likeness (QED) is 0.906. The van der Waals surface area contributed by atoms with E-state index in [0.717, 1.165) is 12.4 Å². The van der Waals surface area contributed by atoms with E-state index in [-0.39, 0.29) is 0 Å². The molecule has 1 aromatic carbocycles. The summed E-state index contributed by atoms with van der Waals surface area (Å²) < 4.78 is 5.80. The maximum atomic E-state index is 5.80. The molecule has 100 valence electrons. The van der Waals surface area contributed by atoms with Crippen LogP contribution in [0.1, 0.15) is 36.4 Å². The summed E-state index contributed by atoms with van der Waals surface area (Å²) in [6.07, 6.45) is 0. The molecule has 1 N–H and O–H groups in total. The lowest BCUT2D eigenvalue weighted by Gasteiger charge is -2.34. The minimum absolute atomic E-state index is 0.363. The molecule has 0 fully saturated rings. The van der Waals surface area contributed by atoms with E-state index in [1.165, 1.54) is 10.4 Å². The molecular weight excluding hydrogens is 254 g/mol. The summed E-state index contributed by atoms with van der Waals surface area (Å²) in [5.74, 6) is 1.51. The summed E-state index contributed by atoms with van der Waals surface area (Å²) in [5, 5.41) is 5.89. The number of para-hydroxylation sites is 1. The second kappa shape index (κ2) is 5.35. The lowest BCUT2D eigenvalue weighted by molar-refractivity contribution is 0.182. The van der Waals surface area contributed by atoms with Crippen molar-refractivity contribution in [2.75, 3.05) is 6.61 Å². The van der Waals surface area contributed by atoms with E-state index in [4.69, 9.17) is 4.74 Å². The van der Waals surface area contributed by atoms with Crippen LogP contribution in [-0.4, -0.2) is 6.61 Å². The van der Waals surface area contributed by atoms with Crippen molar-refractivity contribution in [1.29, 1.82) is 0 Å². The molecule has 0 radical (unpaired) electrons. The van der Waals surface area contributed by atoms with Crippen LogP contribution in [0.2, 0.25) is 0 Å². The summed E-state index contributed by atoms with van der Waals surface area (Å²) >= 11 is 1.81. The highest BCUT2D eigenvalue weighted by Crippen LogP contribution is 2.36. The summed E-state index contributed by atoms with van der Waals surface area (Å²) in [6, 6.07) is 13.4. The minimum Gasteiger partial charge on any atom is -0.493 e. The van der Waals surface area contributed by atoms with E-state index in [1.807, 2.05) is 17.4 Å². The molecule has 0 aliphatic carbocycles. The predicted molar refractivity (Wildman–Crippen MR) is 79.7 cm³/mol. The SMILES string of the molecule is CC1COc2ccccc2C1N[C@H](C)c1cccs1. The third kappa shape index (κ3) is 2.53. The van der Waals surface area contributed by atoms with Crippen LogP contribution in [0.15, 0.2) is 41.8 Å². The van der Waals surface area contributed by atoms with Gasteiger partial charge < -0.3 is 10.1 Å². The van der Waals surface area contributed by atoms with Gasteiger partial charge in [0.05, 0.1) is 6.61 Å².